The lowest BCUT2D eigenvalue weighted by Crippen LogP contribution is -2.36. The fourth-order valence-electron chi connectivity index (χ4n) is 1.51. The van der Waals surface area contributed by atoms with E-state index in [2.05, 4.69) is 27.3 Å². The van der Waals surface area contributed by atoms with Gasteiger partial charge in [-0.1, -0.05) is 0 Å². The number of likely N-dealkylation sites (tertiary alicyclic amines) is 1. The van der Waals surface area contributed by atoms with Crippen LogP contribution in [0.4, 0.5) is 5.82 Å². The number of anilines is 1. The minimum absolute atomic E-state index is 0.957. The largest absolute Gasteiger partial charge is 0.373 e. The summed E-state index contributed by atoms with van der Waals surface area (Å²) in [6.45, 7) is 3.56. The van der Waals surface area contributed by atoms with Crippen LogP contribution in [0.5, 0.6) is 0 Å². The van der Waals surface area contributed by atoms with E-state index in [4.69, 9.17) is 0 Å². The van der Waals surface area contributed by atoms with Crippen molar-refractivity contribution in [1.29, 1.82) is 0 Å². The van der Waals surface area contributed by atoms with Crippen molar-refractivity contribution in [3.63, 3.8) is 0 Å². The summed E-state index contributed by atoms with van der Waals surface area (Å²) < 4.78 is 0. The van der Waals surface area contributed by atoms with Crippen molar-refractivity contribution in [1.82, 2.24) is 9.88 Å². The lowest BCUT2D eigenvalue weighted by Gasteiger charge is -2.30. The van der Waals surface area contributed by atoms with E-state index in [1.165, 1.54) is 25.1 Å². The summed E-state index contributed by atoms with van der Waals surface area (Å²) in [5.74, 6) is 0.957. The smallest absolute Gasteiger partial charge is 0.125 e. The molecule has 0 radical (unpaired) electrons. The minimum atomic E-state index is 0.957. The number of nitrogens with one attached hydrogen (secondary N) is 1. The lowest BCUT2D eigenvalue weighted by atomic mass is 10.1. The molecule has 0 atom stereocenters. The molecule has 0 saturated carbocycles. The van der Waals surface area contributed by atoms with E-state index in [1.54, 1.807) is 0 Å². The van der Waals surface area contributed by atoms with Gasteiger partial charge in [-0.3, -0.25) is 4.90 Å². The molecule has 70 valence electrons. The third-order valence-corrected chi connectivity index (χ3v) is 2.44. The van der Waals surface area contributed by atoms with E-state index in [1.807, 2.05) is 13.2 Å². The van der Waals surface area contributed by atoms with Crippen molar-refractivity contribution in [3.05, 3.63) is 23.9 Å². The summed E-state index contributed by atoms with van der Waals surface area (Å²) in [5, 5.41) is 3.05. The SMILES string of the molecule is CNc1cc(CN2CCC2)ccn1. The van der Waals surface area contributed by atoms with Gasteiger partial charge in [-0.25, -0.2) is 4.98 Å². The Kier molecular flexibility index (Phi) is 2.45. The number of pyridine rings is 1. The van der Waals surface area contributed by atoms with Gasteiger partial charge in [-0.15, -0.1) is 0 Å². The average Bonchev–Trinajstić information content (AvgIpc) is 2.12. The number of hydrogen-bond acceptors (Lipinski definition) is 3. The molecular weight excluding hydrogens is 162 g/mol. The molecule has 0 aromatic carbocycles. The molecule has 0 bridgehead atoms. The zero-order valence-corrected chi connectivity index (χ0v) is 7.95. The van der Waals surface area contributed by atoms with E-state index in [9.17, 15) is 0 Å². The van der Waals surface area contributed by atoms with Gasteiger partial charge in [0.05, 0.1) is 0 Å². The van der Waals surface area contributed by atoms with Crippen LogP contribution in [-0.2, 0) is 6.54 Å². The monoisotopic (exact) mass is 177 g/mol. The maximum atomic E-state index is 4.18. The molecule has 0 amide bonds. The summed E-state index contributed by atoms with van der Waals surface area (Å²) in [6.07, 6.45) is 3.21. The second-order valence-corrected chi connectivity index (χ2v) is 3.43. The summed E-state index contributed by atoms with van der Waals surface area (Å²) in [6, 6.07) is 4.19. The van der Waals surface area contributed by atoms with Gasteiger partial charge in [0.2, 0.25) is 0 Å². The van der Waals surface area contributed by atoms with Crippen molar-refractivity contribution in [2.24, 2.45) is 0 Å². The van der Waals surface area contributed by atoms with Gasteiger partial charge < -0.3 is 5.32 Å². The van der Waals surface area contributed by atoms with Crippen LogP contribution in [0.2, 0.25) is 0 Å². The summed E-state index contributed by atoms with van der Waals surface area (Å²) in [7, 11) is 1.90. The van der Waals surface area contributed by atoms with E-state index >= 15 is 0 Å². The Balaban J connectivity index is 2.01. The van der Waals surface area contributed by atoms with Crippen LogP contribution >= 0.6 is 0 Å². The molecule has 1 saturated heterocycles. The van der Waals surface area contributed by atoms with Crippen molar-refractivity contribution in [2.75, 3.05) is 25.5 Å². The molecule has 1 aromatic heterocycles. The molecule has 1 N–H and O–H groups in total. The Bertz CT molecular complexity index is 281. The zero-order chi connectivity index (χ0) is 9.10. The van der Waals surface area contributed by atoms with Gasteiger partial charge in [0, 0.05) is 19.8 Å². The van der Waals surface area contributed by atoms with Crippen LogP contribution in [0, 0.1) is 0 Å². The summed E-state index contributed by atoms with van der Waals surface area (Å²) >= 11 is 0. The first-order valence-electron chi connectivity index (χ1n) is 4.73. The second kappa shape index (κ2) is 3.75. The molecule has 3 heteroatoms. The Hall–Kier alpha value is -1.09. The third-order valence-electron chi connectivity index (χ3n) is 2.44. The van der Waals surface area contributed by atoms with Gasteiger partial charge in [0.25, 0.3) is 0 Å². The molecule has 3 nitrogen and oxygen atoms in total. The van der Waals surface area contributed by atoms with Gasteiger partial charge in [-0.2, -0.15) is 0 Å². The van der Waals surface area contributed by atoms with E-state index in [0.717, 1.165) is 12.4 Å². The molecule has 2 rings (SSSR count). The average molecular weight is 177 g/mol. The summed E-state index contributed by atoms with van der Waals surface area (Å²) in [5.41, 5.74) is 1.35. The Morgan fingerprint density at radius 2 is 2.38 bits per heavy atom. The second-order valence-electron chi connectivity index (χ2n) is 3.43. The predicted octanol–water partition coefficient (Wildman–Crippen LogP) is 1.33. The normalized spacial score (nSPS) is 16.7. The van der Waals surface area contributed by atoms with E-state index in [0.29, 0.717) is 0 Å². The quantitative estimate of drug-likeness (QED) is 0.755. The van der Waals surface area contributed by atoms with Crippen molar-refractivity contribution in [3.8, 4) is 0 Å². The number of nitrogens with zero attached hydrogens (tertiary/aromatic N) is 2. The lowest BCUT2D eigenvalue weighted by molar-refractivity contribution is 0.172. The van der Waals surface area contributed by atoms with E-state index in [-0.39, 0.29) is 0 Å². The molecule has 2 heterocycles. The fourth-order valence-corrected chi connectivity index (χ4v) is 1.51. The third kappa shape index (κ3) is 1.98. The van der Waals surface area contributed by atoms with Crippen molar-refractivity contribution < 1.29 is 0 Å². The maximum absolute atomic E-state index is 4.18. The van der Waals surface area contributed by atoms with Crippen molar-refractivity contribution in [2.45, 2.75) is 13.0 Å². The van der Waals surface area contributed by atoms with Crippen LogP contribution in [0.1, 0.15) is 12.0 Å². The highest BCUT2D eigenvalue weighted by Crippen LogP contribution is 2.13. The first-order chi connectivity index (χ1) is 6.38. The van der Waals surface area contributed by atoms with Crippen LogP contribution in [0.15, 0.2) is 18.3 Å². The number of rotatable bonds is 3. The highest BCUT2D eigenvalue weighted by molar-refractivity contribution is 5.36. The first-order valence-corrected chi connectivity index (χ1v) is 4.73. The Morgan fingerprint density at radius 3 is 3.00 bits per heavy atom. The minimum Gasteiger partial charge on any atom is -0.373 e. The predicted molar refractivity (Wildman–Crippen MR) is 53.7 cm³/mol. The fraction of sp³-hybridized carbons (Fsp3) is 0.500. The molecule has 1 aliphatic rings. The molecular formula is C10H15N3. The van der Waals surface area contributed by atoms with Gasteiger partial charge >= 0.3 is 0 Å². The molecule has 1 fully saturated rings. The van der Waals surface area contributed by atoms with Gasteiger partial charge in [0.15, 0.2) is 0 Å². The van der Waals surface area contributed by atoms with E-state index < -0.39 is 0 Å². The molecule has 0 unspecified atom stereocenters. The van der Waals surface area contributed by atoms with Crippen LogP contribution < -0.4 is 5.32 Å². The van der Waals surface area contributed by atoms with Gasteiger partial charge in [-0.05, 0) is 37.2 Å². The maximum Gasteiger partial charge on any atom is 0.125 e. The van der Waals surface area contributed by atoms with Crippen LogP contribution in [0.25, 0.3) is 0 Å². The Morgan fingerprint density at radius 1 is 1.54 bits per heavy atom. The number of hydrogen-bond donors (Lipinski definition) is 1. The highest BCUT2D eigenvalue weighted by Gasteiger charge is 2.13. The summed E-state index contributed by atoms with van der Waals surface area (Å²) in [4.78, 5) is 6.62. The molecule has 1 aromatic rings. The zero-order valence-electron chi connectivity index (χ0n) is 7.95. The standard InChI is InChI=1S/C10H15N3/c1-11-10-7-9(3-4-12-10)8-13-5-2-6-13/h3-4,7H,2,5-6,8H2,1H3,(H,11,12). The van der Waals surface area contributed by atoms with Crippen molar-refractivity contribution >= 4 is 5.82 Å². The molecule has 13 heavy (non-hydrogen) atoms. The topological polar surface area (TPSA) is 28.2 Å². The van der Waals surface area contributed by atoms with Crippen LogP contribution in [0.3, 0.4) is 0 Å². The molecule has 0 spiro atoms. The van der Waals surface area contributed by atoms with Crippen LogP contribution in [-0.4, -0.2) is 30.0 Å². The molecule has 0 aliphatic carbocycles. The highest BCUT2D eigenvalue weighted by atomic mass is 15.2. The number of aromatic nitrogens is 1. The van der Waals surface area contributed by atoms with Gasteiger partial charge in [0.1, 0.15) is 5.82 Å². The first kappa shape index (κ1) is 8.51. The molecule has 1 aliphatic heterocycles. The Labute approximate surface area is 78.8 Å².